The molecule has 0 saturated carbocycles. The molecule has 8 heteroatoms. The van der Waals surface area contributed by atoms with Gasteiger partial charge in [0.15, 0.2) is 5.69 Å². The number of hydrogen-bond donors (Lipinski definition) is 1. The summed E-state index contributed by atoms with van der Waals surface area (Å²) in [5.41, 5.74) is -1.39. The Bertz CT molecular complexity index is 426. The average molecular weight is 266 g/mol. The summed E-state index contributed by atoms with van der Waals surface area (Å²) in [7, 11) is 0. The summed E-state index contributed by atoms with van der Waals surface area (Å²) >= 11 is 0. The van der Waals surface area contributed by atoms with Gasteiger partial charge in [-0.25, -0.2) is 4.79 Å². The summed E-state index contributed by atoms with van der Waals surface area (Å²) < 4.78 is 47.2. The maximum atomic E-state index is 12.6. The van der Waals surface area contributed by atoms with Crippen LogP contribution in [0.4, 0.5) is 19.2 Å². The molecule has 5 nitrogen and oxygen atoms in total. The molecule has 0 unspecified atom stereocenters. The highest BCUT2D eigenvalue weighted by Gasteiger charge is 2.41. The van der Waals surface area contributed by atoms with Crippen molar-refractivity contribution in [2.75, 3.05) is 11.9 Å². The molecule has 0 fully saturated rings. The Labute approximate surface area is 101 Å². The maximum Gasteiger partial charge on any atom is 0.437 e. The van der Waals surface area contributed by atoms with Gasteiger partial charge in [0.1, 0.15) is 0 Å². The van der Waals surface area contributed by atoms with Gasteiger partial charge in [0.25, 0.3) is 6.01 Å². The first-order valence-electron chi connectivity index (χ1n) is 5.27. The third kappa shape index (κ3) is 3.38. The third-order valence-electron chi connectivity index (χ3n) is 1.77. The van der Waals surface area contributed by atoms with E-state index in [0.717, 1.165) is 0 Å². The molecule has 18 heavy (non-hydrogen) atoms. The van der Waals surface area contributed by atoms with Crippen molar-refractivity contribution in [2.45, 2.75) is 33.0 Å². The number of alkyl halides is 3. The first-order chi connectivity index (χ1) is 8.25. The molecular formula is C10H13F3N2O3. The second-order valence-corrected chi connectivity index (χ2v) is 3.71. The van der Waals surface area contributed by atoms with Crippen LogP contribution in [-0.4, -0.2) is 23.6 Å². The molecular weight excluding hydrogens is 253 g/mol. The molecule has 0 aliphatic heterocycles. The number of esters is 1. The number of ether oxygens (including phenoxy) is 1. The molecule has 1 aromatic heterocycles. The van der Waals surface area contributed by atoms with Gasteiger partial charge in [-0.2, -0.15) is 18.2 Å². The van der Waals surface area contributed by atoms with Crippen LogP contribution >= 0.6 is 0 Å². The molecule has 1 aromatic rings. The van der Waals surface area contributed by atoms with Crippen LogP contribution in [0.25, 0.3) is 0 Å². The molecule has 0 radical (unpaired) electrons. The van der Waals surface area contributed by atoms with E-state index in [1.165, 1.54) is 6.92 Å². The van der Waals surface area contributed by atoms with E-state index in [9.17, 15) is 18.0 Å². The molecule has 1 heterocycles. The predicted molar refractivity (Wildman–Crippen MR) is 56.2 cm³/mol. The predicted octanol–water partition coefficient (Wildman–Crippen LogP) is 2.69. The van der Waals surface area contributed by atoms with Crippen molar-refractivity contribution in [3.05, 3.63) is 11.5 Å². The number of aromatic nitrogens is 1. The molecule has 0 aliphatic rings. The van der Waals surface area contributed by atoms with E-state index in [-0.39, 0.29) is 18.7 Å². The minimum Gasteiger partial charge on any atom is -0.460 e. The maximum absolute atomic E-state index is 12.6. The van der Waals surface area contributed by atoms with E-state index < -0.39 is 23.6 Å². The van der Waals surface area contributed by atoms with Gasteiger partial charge in [-0.3, -0.25) is 0 Å². The highest BCUT2D eigenvalue weighted by molar-refractivity contribution is 5.88. The van der Waals surface area contributed by atoms with Crippen LogP contribution in [-0.2, 0) is 10.9 Å². The van der Waals surface area contributed by atoms with Crippen LogP contribution in [0, 0.1) is 0 Å². The van der Waals surface area contributed by atoms with Gasteiger partial charge >= 0.3 is 12.1 Å². The number of carbonyl (C=O) groups is 1. The second-order valence-electron chi connectivity index (χ2n) is 3.71. The van der Waals surface area contributed by atoms with Gasteiger partial charge in [-0.1, -0.05) is 0 Å². The molecule has 0 atom stereocenters. The minimum absolute atomic E-state index is 0.0518. The van der Waals surface area contributed by atoms with Gasteiger partial charge in [0.05, 0.1) is 6.61 Å². The van der Waals surface area contributed by atoms with E-state index in [4.69, 9.17) is 4.42 Å². The first kappa shape index (κ1) is 14.3. The Kier molecular flexibility index (Phi) is 4.20. The Morgan fingerprint density at radius 3 is 2.56 bits per heavy atom. The number of nitrogens with zero attached hydrogens (tertiary/aromatic N) is 1. The summed E-state index contributed by atoms with van der Waals surface area (Å²) in [6.45, 7) is 4.82. The second kappa shape index (κ2) is 5.28. The van der Waals surface area contributed by atoms with E-state index in [1.807, 2.05) is 0 Å². The van der Waals surface area contributed by atoms with Crippen molar-refractivity contribution in [3.8, 4) is 0 Å². The van der Waals surface area contributed by atoms with Gasteiger partial charge in [0, 0.05) is 6.04 Å². The van der Waals surface area contributed by atoms with Gasteiger partial charge < -0.3 is 14.5 Å². The summed E-state index contributed by atoms with van der Waals surface area (Å²) in [4.78, 5) is 14.5. The van der Waals surface area contributed by atoms with Crippen LogP contribution in [0.15, 0.2) is 4.42 Å². The van der Waals surface area contributed by atoms with Crippen molar-refractivity contribution >= 4 is 12.0 Å². The minimum atomic E-state index is -4.78. The molecule has 0 saturated heterocycles. The topological polar surface area (TPSA) is 64.4 Å². The number of anilines is 1. The lowest BCUT2D eigenvalue weighted by Crippen LogP contribution is -2.14. The summed E-state index contributed by atoms with van der Waals surface area (Å²) in [5, 5.41) is 2.55. The van der Waals surface area contributed by atoms with E-state index in [1.54, 1.807) is 13.8 Å². The summed E-state index contributed by atoms with van der Waals surface area (Å²) in [6, 6.07) is -0.542. The number of oxazole rings is 1. The van der Waals surface area contributed by atoms with Crippen molar-refractivity contribution in [3.63, 3.8) is 0 Å². The fourth-order valence-electron chi connectivity index (χ4n) is 1.16. The quantitative estimate of drug-likeness (QED) is 0.849. The number of carbonyl (C=O) groups excluding carboxylic acids is 1. The number of nitrogens with one attached hydrogen (secondary N) is 1. The highest BCUT2D eigenvalue weighted by Crippen LogP contribution is 2.33. The fraction of sp³-hybridized carbons (Fsp3) is 0.600. The van der Waals surface area contributed by atoms with E-state index in [0.29, 0.717) is 0 Å². The first-order valence-corrected chi connectivity index (χ1v) is 5.27. The average Bonchev–Trinajstić information content (AvgIpc) is 2.60. The van der Waals surface area contributed by atoms with E-state index >= 15 is 0 Å². The van der Waals surface area contributed by atoms with Crippen LogP contribution in [0.2, 0.25) is 0 Å². The van der Waals surface area contributed by atoms with Crippen LogP contribution in [0.5, 0.6) is 0 Å². The molecule has 102 valence electrons. The van der Waals surface area contributed by atoms with Crippen LogP contribution < -0.4 is 5.32 Å². The molecule has 0 bridgehead atoms. The monoisotopic (exact) mass is 266 g/mol. The molecule has 0 amide bonds. The number of halogens is 3. The summed E-state index contributed by atoms with van der Waals surface area (Å²) in [5.74, 6) is -2.12. The molecule has 1 N–H and O–H groups in total. The number of rotatable bonds is 4. The zero-order chi connectivity index (χ0) is 13.9. The lowest BCUT2D eigenvalue weighted by Gasteiger charge is -2.03. The normalized spacial score (nSPS) is 11.7. The Balaban J connectivity index is 3.13. The SMILES string of the molecule is CCOC(=O)c1oc(NC(C)C)nc1C(F)(F)F. The zero-order valence-electron chi connectivity index (χ0n) is 10.1. The Hall–Kier alpha value is -1.73. The van der Waals surface area contributed by atoms with Gasteiger partial charge in [-0.05, 0) is 20.8 Å². The van der Waals surface area contributed by atoms with Crippen molar-refractivity contribution in [2.24, 2.45) is 0 Å². The van der Waals surface area contributed by atoms with Crippen LogP contribution in [0.1, 0.15) is 37.0 Å². The Morgan fingerprint density at radius 1 is 1.50 bits per heavy atom. The zero-order valence-corrected chi connectivity index (χ0v) is 10.1. The van der Waals surface area contributed by atoms with Crippen molar-refractivity contribution < 1.29 is 27.1 Å². The van der Waals surface area contributed by atoms with Crippen LogP contribution in [0.3, 0.4) is 0 Å². The smallest absolute Gasteiger partial charge is 0.437 e. The summed E-state index contributed by atoms with van der Waals surface area (Å²) in [6.07, 6.45) is -4.78. The molecule has 0 spiro atoms. The molecule has 1 rings (SSSR count). The standard InChI is InChI=1S/C10H13F3N2O3/c1-4-17-8(16)6-7(10(11,12)13)15-9(18-6)14-5(2)3/h5H,4H2,1-3H3,(H,14,15). The lowest BCUT2D eigenvalue weighted by molar-refractivity contribution is -0.141. The van der Waals surface area contributed by atoms with Crippen molar-refractivity contribution in [1.29, 1.82) is 0 Å². The van der Waals surface area contributed by atoms with Gasteiger partial charge in [-0.15, -0.1) is 0 Å². The van der Waals surface area contributed by atoms with E-state index in [2.05, 4.69) is 15.0 Å². The van der Waals surface area contributed by atoms with Gasteiger partial charge in [0.2, 0.25) is 5.76 Å². The highest BCUT2D eigenvalue weighted by atomic mass is 19.4. The lowest BCUT2D eigenvalue weighted by atomic mass is 10.3. The third-order valence-corrected chi connectivity index (χ3v) is 1.77. The molecule has 0 aliphatic carbocycles. The molecule has 0 aromatic carbocycles. The fourth-order valence-corrected chi connectivity index (χ4v) is 1.16. The largest absolute Gasteiger partial charge is 0.460 e. The number of hydrogen-bond acceptors (Lipinski definition) is 5. The Morgan fingerprint density at radius 2 is 2.11 bits per heavy atom. The van der Waals surface area contributed by atoms with Crippen molar-refractivity contribution in [1.82, 2.24) is 4.98 Å².